The number of allylic oxidation sites excluding steroid dienone is 1. The second-order valence-corrected chi connectivity index (χ2v) is 17.9. The summed E-state index contributed by atoms with van der Waals surface area (Å²) in [4.78, 5) is 35.4. The van der Waals surface area contributed by atoms with Crippen molar-refractivity contribution in [1.82, 2.24) is 10.2 Å². The summed E-state index contributed by atoms with van der Waals surface area (Å²) in [5.74, 6) is -1.06. The molecule has 0 unspecified atom stereocenters. The van der Waals surface area contributed by atoms with Crippen LogP contribution >= 0.6 is 0 Å². The van der Waals surface area contributed by atoms with Gasteiger partial charge in [0.2, 0.25) is 5.79 Å². The third-order valence-electron chi connectivity index (χ3n) is 13.2. The SMILES string of the molecule is C=CCO[C@@]12Oc3ccc(OC(=O)NCCCCCCCCCCCC)cc3[C@H]3[C@H](CCCCO)[C@@H](CCCCO)C=C(C(=NOCC)C[C@@H]1N(CCC)C(=O)OCc1ccccc1)[C@H]32. The minimum absolute atomic E-state index is 0.0283. The lowest BCUT2D eigenvalue weighted by atomic mass is 9.55. The Morgan fingerprint density at radius 3 is 2.28 bits per heavy atom. The quantitative estimate of drug-likeness (QED) is 0.0396. The molecule has 1 aliphatic heterocycles. The van der Waals surface area contributed by atoms with E-state index in [1.807, 2.05) is 56.3 Å². The second-order valence-electron chi connectivity index (χ2n) is 17.9. The number of carbonyl (C=O) groups excluding carboxylic acids is 2. The summed E-state index contributed by atoms with van der Waals surface area (Å²) in [6, 6.07) is 14.5. The molecular weight excluding hydrogens is 823 g/mol. The van der Waals surface area contributed by atoms with Crippen molar-refractivity contribution in [2.75, 3.05) is 39.5 Å². The number of carbonyl (C=O) groups is 2. The van der Waals surface area contributed by atoms with Gasteiger partial charge in [0, 0.05) is 44.2 Å². The van der Waals surface area contributed by atoms with Gasteiger partial charge in [-0.3, -0.25) is 4.90 Å². The van der Waals surface area contributed by atoms with Gasteiger partial charge in [-0.25, -0.2) is 9.59 Å². The molecule has 12 heteroatoms. The minimum Gasteiger partial charge on any atom is -0.459 e. The van der Waals surface area contributed by atoms with Crippen molar-refractivity contribution < 1.29 is 43.6 Å². The fraction of sp³-hybridized carbons (Fsp3) is 0.642. The Hall–Kier alpha value is -4.39. The maximum atomic E-state index is 14.5. The molecule has 0 bridgehead atoms. The maximum absolute atomic E-state index is 14.5. The fourth-order valence-corrected chi connectivity index (χ4v) is 10.2. The van der Waals surface area contributed by atoms with Gasteiger partial charge in [-0.2, -0.15) is 0 Å². The van der Waals surface area contributed by atoms with E-state index in [0.717, 1.165) is 61.6 Å². The van der Waals surface area contributed by atoms with Crippen LogP contribution in [-0.4, -0.2) is 84.4 Å². The van der Waals surface area contributed by atoms with Crippen LogP contribution in [0.2, 0.25) is 0 Å². The van der Waals surface area contributed by atoms with Crippen LogP contribution in [0.5, 0.6) is 11.5 Å². The Bertz CT molecular complexity index is 1800. The first-order valence-corrected chi connectivity index (χ1v) is 25.0. The van der Waals surface area contributed by atoms with Crippen LogP contribution in [0.25, 0.3) is 0 Å². The lowest BCUT2D eigenvalue weighted by Crippen LogP contribution is -2.70. The molecule has 2 aromatic carbocycles. The lowest BCUT2D eigenvalue weighted by molar-refractivity contribution is -0.255. The van der Waals surface area contributed by atoms with Gasteiger partial charge < -0.3 is 39.3 Å². The average molecular weight is 902 g/mol. The summed E-state index contributed by atoms with van der Waals surface area (Å²) in [6.45, 7) is 11.9. The highest BCUT2D eigenvalue weighted by molar-refractivity contribution is 6.03. The molecule has 3 aliphatic rings. The van der Waals surface area contributed by atoms with Gasteiger partial charge in [-0.05, 0) is 86.6 Å². The second kappa shape index (κ2) is 27.9. The molecule has 0 spiro atoms. The highest BCUT2D eigenvalue weighted by Crippen LogP contribution is 2.62. The number of nitrogens with one attached hydrogen (secondary N) is 1. The standard InChI is InChI=1S/C53H79N3O9/c1-5-9-10-11-12-13-14-15-16-22-31-54-51(59)64-42-29-30-47-45(37-42)49-43(28-21-24-34-58)41(27-20-23-33-57)36-44-46(55-63-8-4)38-48(53(65-47,50(44)49)62-35-7-3)56(32-6-2)52(60)61-39-40-25-18-17-19-26-40/h7,17-19,25-26,29-30,36-37,41,43,48-50,57-58H,3,5-6,8-16,20-24,27-28,31-35,38-39H2,1-2,4H3,(H,54,59)/t41-,43+,48-,49+,50+,53+/m0/s1. The van der Waals surface area contributed by atoms with Crippen molar-refractivity contribution in [2.45, 2.75) is 161 Å². The number of rotatable bonds is 30. The molecule has 1 fully saturated rings. The number of amides is 2. The van der Waals surface area contributed by atoms with Crippen molar-refractivity contribution >= 4 is 17.9 Å². The number of unbranched alkanes of at least 4 members (excludes halogenated alkanes) is 11. The van der Waals surface area contributed by atoms with Crippen LogP contribution in [0.1, 0.15) is 153 Å². The van der Waals surface area contributed by atoms with Gasteiger partial charge in [0.25, 0.3) is 0 Å². The highest BCUT2D eigenvalue weighted by atomic mass is 16.7. The Balaban J connectivity index is 1.52. The smallest absolute Gasteiger partial charge is 0.412 e. The Labute approximate surface area is 389 Å². The molecular formula is C53H79N3O9. The number of ether oxygens (including phenoxy) is 4. The molecule has 1 saturated carbocycles. The third kappa shape index (κ3) is 14.3. The summed E-state index contributed by atoms with van der Waals surface area (Å²) in [5.41, 5.74) is 3.41. The van der Waals surface area contributed by atoms with E-state index in [4.69, 9.17) is 28.9 Å². The van der Waals surface area contributed by atoms with E-state index < -0.39 is 29.9 Å². The van der Waals surface area contributed by atoms with Crippen molar-refractivity contribution in [3.63, 3.8) is 0 Å². The van der Waals surface area contributed by atoms with E-state index in [9.17, 15) is 19.8 Å². The van der Waals surface area contributed by atoms with E-state index in [1.165, 1.54) is 44.9 Å². The van der Waals surface area contributed by atoms with Gasteiger partial charge in [-0.1, -0.05) is 132 Å². The van der Waals surface area contributed by atoms with Crippen LogP contribution in [0, 0.1) is 17.8 Å². The molecule has 0 radical (unpaired) electrons. The van der Waals surface area contributed by atoms with Crippen LogP contribution < -0.4 is 14.8 Å². The molecule has 65 heavy (non-hydrogen) atoms. The number of nitrogens with zero attached hydrogens (tertiary/aromatic N) is 2. The van der Waals surface area contributed by atoms with Gasteiger partial charge in [0.1, 0.15) is 30.8 Å². The predicted octanol–water partition coefficient (Wildman–Crippen LogP) is 11.4. The van der Waals surface area contributed by atoms with E-state index in [1.54, 1.807) is 17.0 Å². The van der Waals surface area contributed by atoms with Gasteiger partial charge >= 0.3 is 12.2 Å². The first-order chi connectivity index (χ1) is 31.8. The molecule has 2 amide bonds. The van der Waals surface area contributed by atoms with Gasteiger partial charge in [-0.15, -0.1) is 6.58 Å². The zero-order chi connectivity index (χ0) is 46.3. The number of aliphatic hydroxyl groups is 2. The number of hydrogen-bond acceptors (Lipinski definition) is 10. The van der Waals surface area contributed by atoms with E-state index >= 15 is 0 Å². The molecule has 6 atom stereocenters. The highest BCUT2D eigenvalue weighted by Gasteiger charge is 2.65. The number of fused-ring (bicyclic) bond motifs is 2. The fourth-order valence-electron chi connectivity index (χ4n) is 10.2. The Kier molecular flexibility index (Phi) is 22.2. The summed E-state index contributed by atoms with van der Waals surface area (Å²) in [5, 5.41) is 27.6. The third-order valence-corrected chi connectivity index (χ3v) is 13.2. The van der Waals surface area contributed by atoms with Crippen molar-refractivity contribution in [1.29, 1.82) is 0 Å². The summed E-state index contributed by atoms with van der Waals surface area (Å²) >= 11 is 0. The molecule has 12 nitrogen and oxygen atoms in total. The zero-order valence-electron chi connectivity index (χ0n) is 39.7. The molecule has 5 rings (SSSR count). The topological polar surface area (TPSA) is 148 Å². The van der Waals surface area contributed by atoms with Crippen LogP contribution in [-0.2, 0) is 20.9 Å². The lowest BCUT2D eigenvalue weighted by Gasteiger charge is -2.59. The monoisotopic (exact) mass is 902 g/mol. The van der Waals surface area contributed by atoms with Crippen molar-refractivity contribution in [2.24, 2.45) is 22.9 Å². The molecule has 1 heterocycles. The zero-order valence-corrected chi connectivity index (χ0v) is 39.7. The first kappa shape index (κ1) is 51.6. The molecule has 3 N–H and O–H groups in total. The van der Waals surface area contributed by atoms with Crippen LogP contribution in [0.3, 0.4) is 0 Å². The van der Waals surface area contributed by atoms with E-state index in [-0.39, 0.29) is 50.6 Å². The molecule has 2 aliphatic carbocycles. The van der Waals surface area contributed by atoms with Crippen LogP contribution in [0.4, 0.5) is 9.59 Å². The van der Waals surface area contributed by atoms with Crippen molar-refractivity contribution in [3.05, 3.63) is 84.0 Å². The number of aliphatic hydroxyl groups excluding tert-OH is 2. The van der Waals surface area contributed by atoms with Crippen molar-refractivity contribution in [3.8, 4) is 11.5 Å². The number of benzene rings is 2. The largest absolute Gasteiger partial charge is 0.459 e. The number of oxime groups is 1. The minimum atomic E-state index is -1.41. The normalized spacial score (nSPS) is 22.5. The first-order valence-electron chi connectivity index (χ1n) is 25.0. The maximum Gasteiger partial charge on any atom is 0.412 e. The van der Waals surface area contributed by atoms with Gasteiger partial charge in [0.05, 0.1) is 18.2 Å². The molecule has 2 aromatic rings. The molecule has 0 aromatic heterocycles. The van der Waals surface area contributed by atoms with E-state index in [2.05, 4.69) is 24.9 Å². The van der Waals surface area contributed by atoms with E-state index in [0.29, 0.717) is 56.2 Å². The predicted molar refractivity (Wildman–Crippen MR) is 256 cm³/mol. The average Bonchev–Trinajstić information content (AvgIpc) is 3.32. The van der Waals surface area contributed by atoms with Crippen LogP contribution in [0.15, 0.2) is 78.0 Å². The molecule has 360 valence electrons. The molecule has 0 saturated heterocycles. The number of hydrogen-bond donors (Lipinski definition) is 3. The Morgan fingerprint density at radius 2 is 1.60 bits per heavy atom. The summed E-state index contributed by atoms with van der Waals surface area (Å²) < 4.78 is 26.4. The summed E-state index contributed by atoms with van der Waals surface area (Å²) in [7, 11) is 0. The Morgan fingerprint density at radius 1 is 0.892 bits per heavy atom. The van der Waals surface area contributed by atoms with Gasteiger partial charge in [0.15, 0.2) is 0 Å². The summed E-state index contributed by atoms with van der Waals surface area (Å²) in [6.07, 6.45) is 20.7.